The zero-order valence-corrected chi connectivity index (χ0v) is 11.6. The molecule has 0 fully saturated rings. The van der Waals surface area contributed by atoms with Gasteiger partial charge >= 0.3 is 0 Å². The van der Waals surface area contributed by atoms with Crippen LogP contribution in [0, 0.1) is 11.5 Å². The van der Waals surface area contributed by atoms with Gasteiger partial charge in [-0.1, -0.05) is 37.2 Å². The van der Waals surface area contributed by atoms with E-state index in [9.17, 15) is 0 Å². The van der Waals surface area contributed by atoms with E-state index in [0.29, 0.717) is 15.5 Å². The maximum atomic E-state index is 5.71. The Kier molecular flexibility index (Phi) is 3.70. The first-order valence-electron chi connectivity index (χ1n) is 4.10. The first-order valence-corrected chi connectivity index (χ1v) is 8.77. The van der Waals surface area contributed by atoms with Gasteiger partial charge in [-0.05, 0) is 15.9 Å². The van der Waals surface area contributed by atoms with Crippen molar-refractivity contribution in [3.63, 3.8) is 0 Å². The van der Waals surface area contributed by atoms with E-state index in [2.05, 4.69) is 57.0 Å². The molecule has 0 atom stereocenters. The molecule has 1 aromatic heterocycles. The third kappa shape index (κ3) is 3.78. The van der Waals surface area contributed by atoms with Gasteiger partial charge in [-0.2, -0.15) is 0 Å². The second-order valence-electron chi connectivity index (χ2n) is 3.84. The van der Waals surface area contributed by atoms with Crippen molar-refractivity contribution in [1.82, 2.24) is 9.97 Å². The van der Waals surface area contributed by atoms with Crippen LogP contribution in [-0.2, 0) is 0 Å². The van der Waals surface area contributed by atoms with Crippen molar-refractivity contribution in [1.29, 1.82) is 0 Å². The smallest absolute Gasteiger partial charge is 0.161 e. The van der Waals surface area contributed by atoms with Crippen LogP contribution in [-0.4, -0.2) is 18.0 Å². The molecule has 0 saturated carbocycles. The minimum atomic E-state index is -1.35. The summed E-state index contributed by atoms with van der Waals surface area (Å²) in [7, 11) is -1.35. The largest absolute Gasteiger partial charge is 0.239 e. The fourth-order valence-electron chi connectivity index (χ4n) is 0.664. The van der Waals surface area contributed by atoms with E-state index in [4.69, 9.17) is 11.6 Å². The van der Waals surface area contributed by atoms with Gasteiger partial charge in [-0.25, -0.2) is 9.97 Å². The van der Waals surface area contributed by atoms with Crippen molar-refractivity contribution in [3.05, 3.63) is 21.6 Å². The Bertz CT molecular complexity index is 403. The predicted molar refractivity (Wildman–Crippen MR) is 65.0 cm³/mol. The highest BCUT2D eigenvalue weighted by atomic mass is 79.9. The molecule has 2 nitrogen and oxygen atoms in total. The molecular weight excluding hydrogens is 280 g/mol. The van der Waals surface area contributed by atoms with Gasteiger partial charge in [-0.15, -0.1) is 5.54 Å². The van der Waals surface area contributed by atoms with Crippen molar-refractivity contribution in [2.24, 2.45) is 0 Å². The fraction of sp³-hybridized carbons (Fsp3) is 0.333. The number of aromatic nitrogens is 2. The summed E-state index contributed by atoms with van der Waals surface area (Å²) >= 11 is 8.92. The highest BCUT2D eigenvalue weighted by Gasteiger charge is 2.08. The first-order chi connectivity index (χ1) is 6.38. The molecule has 0 unspecified atom stereocenters. The Labute approximate surface area is 98.2 Å². The summed E-state index contributed by atoms with van der Waals surface area (Å²) in [6.07, 6.45) is 1.58. The van der Waals surface area contributed by atoms with Crippen molar-refractivity contribution >= 4 is 35.6 Å². The van der Waals surface area contributed by atoms with Crippen molar-refractivity contribution in [3.8, 4) is 11.5 Å². The van der Waals surface area contributed by atoms with Gasteiger partial charge in [-0.3, -0.25) is 0 Å². The van der Waals surface area contributed by atoms with Gasteiger partial charge in [0.1, 0.15) is 18.4 Å². The van der Waals surface area contributed by atoms with Gasteiger partial charge in [0.25, 0.3) is 0 Å². The summed E-state index contributed by atoms with van der Waals surface area (Å²) in [6.45, 7) is 6.54. The van der Waals surface area contributed by atoms with E-state index in [1.54, 1.807) is 6.20 Å². The number of hydrogen-bond acceptors (Lipinski definition) is 2. The normalized spacial score (nSPS) is 10.6. The van der Waals surface area contributed by atoms with E-state index in [1.807, 2.05) is 0 Å². The molecule has 0 saturated heterocycles. The van der Waals surface area contributed by atoms with Crippen molar-refractivity contribution in [2.75, 3.05) is 0 Å². The van der Waals surface area contributed by atoms with Crippen LogP contribution < -0.4 is 0 Å². The third-order valence-electron chi connectivity index (χ3n) is 1.25. The van der Waals surface area contributed by atoms with E-state index in [-0.39, 0.29) is 0 Å². The molecule has 0 radical (unpaired) electrons. The Morgan fingerprint density at radius 1 is 1.43 bits per heavy atom. The zero-order valence-electron chi connectivity index (χ0n) is 8.23. The fourth-order valence-corrected chi connectivity index (χ4v) is 1.55. The average Bonchev–Trinajstić information content (AvgIpc) is 2.06. The highest BCUT2D eigenvalue weighted by Crippen LogP contribution is 2.16. The van der Waals surface area contributed by atoms with Gasteiger partial charge < -0.3 is 0 Å². The molecule has 1 aromatic rings. The number of hydrogen-bond donors (Lipinski definition) is 0. The Morgan fingerprint density at radius 2 is 2.07 bits per heavy atom. The molecule has 0 aromatic carbocycles. The molecule has 0 spiro atoms. The minimum absolute atomic E-state index is 0.364. The van der Waals surface area contributed by atoms with Crippen molar-refractivity contribution in [2.45, 2.75) is 19.6 Å². The van der Waals surface area contributed by atoms with Crippen LogP contribution in [0.5, 0.6) is 0 Å². The Morgan fingerprint density at radius 3 is 2.57 bits per heavy atom. The van der Waals surface area contributed by atoms with E-state index in [0.717, 1.165) is 0 Å². The quantitative estimate of drug-likeness (QED) is 0.542. The van der Waals surface area contributed by atoms with Gasteiger partial charge in [0, 0.05) is 0 Å². The molecule has 0 aliphatic heterocycles. The second kappa shape index (κ2) is 4.43. The maximum Gasteiger partial charge on any atom is 0.161 e. The maximum absolute atomic E-state index is 5.71. The van der Waals surface area contributed by atoms with E-state index in [1.165, 1.54) is 0 Å². The van der Waals surface area contributed by atoms with Gasteiger partial charge in [0.05, 0.1) is 6.20 Å². The summed E-state index contributed by atoms with van der Waals surface area (Å²) in [5, 5.41) is 0.364. The van der Waals surface area contributed by atoms with Gasteiger partial charge in [0.15, 0.2) is 5.15 Å². The van der Waals surface area contributed by atoms with Crippen LogP contribution in [0.2, 0.25) is 24.8 Å². The van der Waals surface area contributed by atoms with Gasteiger partial charge in [0.2, 0.25) is 0 Å². The van der Waals surface area contributed by atoms with Crippen molar-refractivity contribution < 1.29 is 0 Å². The lowest BCUT2D eigenvalue weighted by molar-refractivity contribution is 1.14. The van der Waals surface area contributed by atoms with Crippen LogP contribution in [0.25, 0.3) is 0 Å². The molecule has 74 valence electrons. The summed E-state index contributed by atoms with van der Waals surface area (Å²) in [6, 6.07) is 0. The molecule has 5 heteroatoms. The Hall–Kier alpha value is -0.373. The lowest BCUT2D eigenvalue weighted by atomic mass is 10.5. The summed E-state index contributed by atoms with van der Waals surface area (Å²) in [5.74, 6) is 3.00. The van der Waals surface area contributed by atoms with Crippen LogP contribution in [0.15, 0.2) is 10.8 Å². The highest BCUT2D eigenvalue weighted by molar-refractivity contribution is 9.10. The van der Waals surface area contributed by atoms with Crippen LogP contribution in [0.3, 0.4) is 0 Å². The molecule has 0 N–H and O–H groups in total. The lowest BCUT2D eigenvalue weighted by Crippen LogP contribution is -2.16. The van der Waals surface area contributed by atoms with E-state index < -0.39 is 8.07 Å². The Balaban J connectivity index is 2.98. The number of rotatable bonds is 0. The summed E-state index contributed by atoms with van der Waals surface area (Å²) < 4.78 is 0.543. The SMILES string of the molecule is C[Si](C)(C)C#Cc1cnc(Cl)c(Br)n1. The molecular formula is C9H10BrClN2Si. The average molecular weight is 290 g/mol. The first kappa shape index (κ1) is 11.7. The molecule has 1 heterocycles. The molecule has 0 aliphatic rings. The standard InChI is InChI=1S/C9H10BrClN2Si/c1-14(2,3)5-4-7-6-12-9(11)8(10)13-7/h6H,1-3H3. The minimum Gasteiger partial charge on any atom is -0.239 e. The summed E-state index contributed by atoms with van der Waals surface area (Å²) in [5.41, 5.74) is 3.86. The topological polar surface area (TPSA) is 25.8 Å². The molecule has 0 amide bonds. The van der Waals surface area contributed by atoms with E-state index >= 15 is 0 Å². The van der Waals surface area contributed by atoms with Crippen LogP contribution in [0.1, 0.15) is 5.69 Å². The number of nitrogens with zero attached hydrogens (tertiary/aromatic N) is 2. The zero-order chi connectivity index (χ0) is 10.8. The molecule has 0 bridgehead atoms. The number of halogens is 2. The third-order valence-corrected chi connectivity index (χ3v) is 3.19. The summed E-state index contributed by atoms with van der Waals surface area (Å²) in [4.78, 5) is 8.09. The second-order valence-corrected chi connectivity index (χ2v) is 9.70. The molecule has 14 heavy (non-hydrogen) atoms. The lowest BCUT2D eigenvalue weighted by Gasteiger charge is -2.03. The molecule has 0 aliphatic carbocycles. The monoisotopic (exact) mass is 288 g/mol. The molecule has 1 rings (SSSR count). The van der Waals surface area contributed by atoms with Crippen LogP contribution >= 0.6 is 27.5 Å². The van der Waals surface area contributed by atoms with Crippen LogP contribution in [0.4, 0.5) is 0 Å². The predicted octanol–water partition coefficient (Wildman–Crippen LogP) is 3.12.